The summed E-state index contributed by atoms with van der Waals surface area (Å²) in [6, 6.07) is 18.1. The van der Waals surface area contributed by atoms with E-state index in [9.17, 15) is 14.9 Å². The van der Waals surface area contributed by atoms with Crippen LogP contribution in [0.4, 0.5) is 5.69 Å². The standard InChI is InChI=1S/C20H14N4O2S/c21-9-10-27-18-8-4-2-6-16(18)23-19(25)13-24-12-14(11-22)20(26)15-5-1-3-7-17(15)24/h1-8,12H,10,13H2,(H,23,25). The highest BCUT2D eigenvalue weighted by atomic mass is 32.2. The van der Waals surface area contributed by atoms with Crippen molar-refractivity contribution in [2.75, 3.05) is 11.1 Å². The van der Waals surface area contributed by atoms with Gasteiger partial charge in [-0.2, -0.15) is 10.5 Å². The lowest BCUT2D eigenvalue weighted by Crippen LogP contribution is -2.22. The summed E-state index contributed by atoms with van der Waals surface area (Å²) in [7, 11) is 0. The minimum atomic E-state index is -0.344. The summed E-state index contributed by atoms with van der Waals surface area (Å²) in [5.41, 5.74) is 0.854. The Morgan fingerprint density at radius 3 is 2.63 bits per heavy atom. The summed E-state index contributed by atoms with van der Waals surface area (Å²) in [6.07, 6.45) is 1.40. The normalized spacial score (nSPS) is 10.1. The maximum atomic E-state index is 12.6. The van der Waals surface area contributed by atoms with Gasteiger partial charge in [0.15, 0.2) is 0 Å². The number of aromatic nitrogens is 1. The molecule has 0 spiro atoms. The van der Waals surface area contributed by atoms with Crippen LogP contribution in [0.1, 0.15) is 5.56 Å². The quantitative estimate of drug-likeness (QED) is 0.692. The topological polar surface area (TPSA) is 98.7 Å². The van der Waals surface area contributed by atoms with Crippen molar-refractivity contribution in [1.82, 2.24) is 4.57 Å². The molecule has 0 aliphatic heterocycles. The molecule has 0 atom stereocenters. The van der Waals surface area contributed by atoms with Crippen molar-refractivity contribution >= 4 is 34.3 Å². The van der Waals surface area contributed by atoms with E-state index in [0.29, 0.717) is 16.6 Å². The third-order valence-corrected chi connectivity index (χ3v) is 4.82. The Morgan fingerprint density at radius 2 is 1.85 bits per heavy atom. The van der Waals surface area contributed by atoms with E-state index < -0.39 is 0 Å². The first-order valence-corrected chi connectivity index (χ1v) is 9.03. The first-order chi connectivity index (χ1) is 13.1. The molecule has 0 bridgehead atoms. The monoisotopic (exact) mass is 374 g/mol. The molecule has 1 aromatic heterocycles. The Balaban J connectivity index is 1.90. The molecule has 1 heterocycles. The summed E-state index contributed by atoms with van der Waals surface area (Å²) in [6.45, 7) is -0.0489. The van der Waals surface area contributed by atoms with Gasteiger partial charge in [-0.1, -0.05) is 24.3 Å². The number of hydrogen-bond acceptors (Lipinski definition) is 5. The molecule has 0 aliphatic rings. The van der Waals surface area contributed by atoms with Gasteiger partial charge in [-0.3, -0.25) is 9.59 Å². The van der Waals surface area contributed by atoms with Crippen molar-refractivity contribution in [3.05, 3.63) is 70.5 Å². The number of carbonyl (C=O) groups excluding carboxylic acids is 1. The maximum Gasteiger partial charge on any atom is 0.244 e. The maximum absolute atomic E-state index is 12.6. The fourth-order valence-corrected chi connectivity index (χ4v) is 3.38. The molecular formula is C20H14N4O2S. The van der Waals surface area contributed by atoms with Crippen LogP contribution in [0.2, 0.25) is 0 Å². The second kappa shape index (κ2) is 8.22. The molecule has 3 aromatic rings. The van der Waals surface area contributed by atoms with Crippen LogP contribution in [0.5, 0.6) is 0 Å². The Morgan fingerprint density at radius 1 is 1.11 bits per heavy atom. The largest absolute Gasteiger partial charge is 0.336 e. The molecule has 0 fully saturated rings. The molecule has 0 aliphatic carbocycles. The molecule has 7 heteroatoms. The number of para-hydroxylation sites is 2. The van der Waals surface area contributed by atoms with Crippen molar-refractivity contribution in [2.45, 2.75) is 11.4 Å². The van der Waals surface area contributed by atoms with E-state index in [-0.39, 0.29) is 29.2 Å². The van der Waals surface area contributed by atoms with Gasteiger partial charge in [0.05, 0.1) is 23.0 Å². The molecule has 132 valence electrons. The lowest BCUT2D eigenvalue weighted by Gasteiger charge is -2.13. The van der Waals surface area contributed by atoms with Crippen molar-refractivity contribution < 1.29 is 4.79 Å². The number of nitriles is 2. The van der Waals surface area contributed by atoms with E-state index in [1.54, 1.807) is 41.0 Å². The molecule has 0 unspecified atom stereocenters. The van der Waals surface area contributed by atoms with Gasteiger partial charge in [-0.05, 0) is 24.3 Å². The van der Waals surface area contributed by atoms with Crippen molar-refractivity contribution in [1.29, 1.82) is 10.5 Å². The molecule has 6 nitrogen and oxygen atoms in total. The molecule has 0 saturated heterocycles. The van der Waals surface area contributed by atoms with Crippen molar-refractivity contribution in [2.24, 2.45) is 0 Å². The zero-order chi connectivity index (χ0) is 19.2. The smallest absolute Gasteiger partial charge is 0.244 e. The highest BCUT2D eigenvalue weighted by Gasteiger charge is 2.12. The second-order valence-corrected chi connectivity index (χ2v) is 6.64. The van der Waals surface area contributed by atoms with E-state index in [0.717, 1.165) is 4.90 Å². The average Bonchev–Trinajstić information content (AvgIpc) is 2.69. The lowest BCUT2D eigenvalue weighted by atomic mass is 10.1. The SMILES string of the molecule is N#CCSc1ccccc1NC(=O)Cn1cc(C#N)c(=O)c2ccccc21. The molecule has 0 saturated carbocycles. The number of benzene rings is 2. The average molecular weight is 374 g/mol. The van der Waals surface area contributed by atoms with Gasteiger partial charge in [0.1, 0.15) is 18.2 Å². The zero-order valence-electron chi connectivity index (χ0n) is 14.2. The molecule has 3 rings (SSSR count). The van der Waals surface area contributed by atoms with Crippen molar-refractivity contribution in [3.8, 4) is 12.1 Å². The fraction of sp³-hybridized carbons (Fsp3) is 0.100. The van der Waals surface area contributed by atoms with Crippen LogP contribution in [0.3, 0.4) is 0 Å². The van der Waals surface area contributed by atoms with E-state index >= 15 is 0 Å². The van der Waals surface area contributed by atoms with Crippen LogP contribution in [-0.2, 0) is 11.3 Å². The van der Waals surface area contributed by atoms with Crippen LogP contribution in [0, 0.1) is 22.7 Å². The van der Waals surface area contributed by atoms with Gasteiger partial charge in [-0.25, -0.2) is 0 Å². The van der Waals surface area contributed by atoms with E-state index in [1.165, 1.54) is 18.0 Å². The van der Waals surface area contributed by atoms with E-state index in [2.05, 4.69) is 11.4 Å². The molecule has 27 heavy (non-hydrogen) atoms. The number of hydrogen-bond donors (Lipinski definition) is 1. The number of carbonyl (C=O) groups is 1. The Labute approximate surface area is 159 Å². The Hall–Kier alpha value is -3.55. The summed E-state index contributed by atoms with van der Waals surface area (Å²) in [4.78, 5) is 25.6. The highest BCUT2D eigenvalue weighted by molar-refractivity contribution is 7.99. The summed E-state index contributed by atoms with van der Waals surface area (Å²) in [5.74, 6) is -0.0133. The van der Waals surface area contributed by atoms with Crippen LogP contribution in [0.25, 0.3) is 10.9 Å². The number of amides is 1. The van der Waals surface area contributed by atoms with Crippen LogP contribution >= 0.6 is 11.8 Å². The van der Waals surface area contributed by atoms with Gasteiger partial charge < -0.3 is 9.88 Å². The third kappa shape index (κ3) is 4.00. The molecule has 2 aromatic carbocycles. The summed E-state index contributed by atoms with van der Waals surface area (Å²) >= 11 is 1.34. The van der Waals surface area contributed by atoms with Gasteiger partial charge >= 0.3 is 0 Å². The van der Waals surface area contributed by atoms with Gasteiger partial charge in [0.2, 0.25) is 11.3 Å². The number of pyridine rings is 1. The minimum Gasteiger partial charge on any atom is -0.336 e. The predicted molar refractivity (Wildman–Crippen MR) is 104 cm³/mol. The van der Waals surface area contributed by atoms with Gasteiger partial charge in [0, 0.05) is 16.5 Å². The molecule has 0 radical (unpaired) electrons. The van der Waals surface area contributed by atoms with E-state index in [1.807, 2.05) is 18.2 Å². The lowest BCUT2D eigenvalue weighted by molar-refractivity contribution is -0.116. The number of fused-ring (bicyclic) bond motifs is 1. The first-order valence-electron chi connectivity index (χ1n) is 8.05. The number of thioether (sulfide) groups is 1. The zero-order valence-corrected chi connectivity index (χ0v) is 15.0. The Kier molecular flexibility index (Phi) is 5.55. The molecule has 1 N–H and O–H groups in total. The number of rotatable bonds is 5. The van der Waals surface area contributed by atoms with E-state index in [4.69, 9.17) is 5.26 Å². The summed E-state index contributed by atoms with van der Waals surface area (Å²) in [5, 5.41) is 21.2. The predicted octanol–water partition coefficient (Wildman–Crippen LogP) is 3.13. The molecular weight excluding hydrogens is 360 g/mol. The van der Waals surface area contributed by atoms with Gasteiger partial charge in [0.25, 0.3) is 0 Å². The van der Waals surface area contributed by atoms with Crippen molar-refractivity contribution in [3.63, 3.8) is 0 Å². The highest BCUT2D eigenvalue weighted by Crippen LogP contribution is 2.26. The van der Waals surface area contributed by atoms with Crippen LogP contribution in [-0.4, -0.2) is 16.2 Å². The Bertz CT molecular complexity index is 1160. The number of nitrogens with zero attached hydrogens (tertiary/aromatic N) is 3. The number of nitrogens with one attached hydrogen (secondary N) is 1. The van der Waals surface area contributed by atoms with Crippen LogP contribution in [0.15, 0.2) is 64.4 Å². The number of anilines is 1. The van der Waals surface area contributed by atoms with Crippen LogP contribution < -0.4 is 10.7 Å². The minimum absolute atomic E-state index is 0.00789. The second-order valence-electron chi connectivity index (χ2n) is 5.62. The third-order valence-electron chi connectivity index (χ3n) is 3.88. The summed E-state index contributed by atoms with van der Waals surface area (Å²) < 4.78 is 1.59. The first kappa shape index (κ1) is 18.2. The fourth-order valence-electron chi connectivity index (χ4n) is 2.71. The molecule has 1 amide bonds. The van der Waals surface area contributed by atoms with Gasteiger partial charge in [-0.15, -0.1) is 11.8 Å².